The first kappa shape index (κ1) is 14.1. The highest BCUT2D eigenvalue weighted by Crippen LogP contribution is 2.20. The molecular formula is C14H25N3. The van der Waals surface area contributed by atoms with Gasteiger partial charge in [0, 0.05) is 17.9 Å². The molecule has 0 fully saturated rings. The summed E-state index contributed by atoms with van der Waals surface area (Å²) >= 11 is 0. The van der Waals surface area contributed by atoms with Gasteiger partial charge in [0.25, 0.3) is 0 Å². The largest absolute Gasteiger partial charge is 0.316 e. The monoisotopic (exact) mass is 235 g/mol. The summed E-state index contributed by atoms with van der Waals surface area (Å²) < 4.78 is 0. The van der Waals surface area contributed by atoms with Crippen LogP contribution in [0.4, 0.5) is 0 Å². The maximum Gasteiger partial charge on any atom is 0.125 e. The van der Waals surface area contributed by atoms with E-state index in [1.165, 1.54) is 5.56 Å². The molecule has 3 nitrogen and oxygen atoms in total. The molecule has 0 saturated heterocycles. The summed E-state index contributed by atoms with van der Waals surface area (Å²) in [5.41, 5.74) is 3.54. The van der Waals surface area contributed by atoms with Crippen LogP contribution in [0.3, 0.4) is 0 Å². The summed E-state index contributed by atoms with van der Waals surface area (Å²) in [5, 5.41) is 3.50. The quantitative estimate of drug-likeness (QED) is 0.852. The summed E-state index contributed by atoms with van der Waals surface area (Å²) in [4.78, 5) is 8.92. The molecule has 1 atom stereocenters. The summed E-state index contributed by atoms with van der Waals surface area (Å²) in [6.45, 7) is 14.9. The zero-order valence-corrected chi connectivity index (χ0v) is 12.0. The van der Waals surface area contributed by atoms with E-state index in [9.17, 15) is 0 Å². The van der Waals surface area contributed by atoms with Crippen molar-refractivity contribution in [3.8, 4) is 0 Å². The second kappa shape index (κ2) is 6.10. The molecule has 0 aliphatic rings. The van der Waals surface area contributed by atoms with E-state index in [0.717, 1.165) is 30.3 Å². The van der Waals surface area contributed by atoms with Gasteiger partial charge in [0.15, 0.2) is 0 Å². The number of hydrogen-bond donors (Lipinski definition) is 1. The average molecular weight is 235 g/mol. The Morgan fingerprint density at radius 2 is 1.47 bits per heavy atom. The van der Waals surface area contributed by atoms with Gasteiger partial charge in [0.2, 0.25) is 0 Å². The lowest BCUT2D eigenvalue weighted by molar-refractivity contribution is 0.525. The number of aryl methyl sites for hydroxylation is 3. The summed E-state index contributed by atoms with van der Waals surface area (Å²) in [6.07, 6.45) is 0. The SMILES string of the molecule is Cc1nc(C)c(C(C)CNCC(C)C)c(C)n1. The van der Waals surface area contributed by atoms with Gasteiger partial charge >= 0.3 is 0 Å². The summed E-state index contributed by atoms with van der Waals surface area (Å²) in [5.74, 6) is 2.03. The fraction of sp³-hybridized carbons (Fsp3) is 0.714. The van der Waals surface area contributed by atoms with Crippen molar-refractivity contribution in [3.63, 3.8) is 0 Å². The van der Waals surface area contributed by atoms with E-state index in [-0.39, 0.29) is 0 Å². The number of hydrogen-bond acceptors (Lipinski definition) is 3. The third-order valence-electron chi connectivity index (χ3n) is 2.93. The molecule has 0 aliphatic carbocycles. The van der Waals surface area contributed by atoms with Gasteiger partial charge in [-0.1, -0.05) is 20.8 Å². The lowest BCUT2D eigenvalue weighted by Gasteiger charge is -2.18. The maximum absolute atomic E-state index is 4.46. The first-order valence-electron chi connectivity index (χ1n) is 6.44. The minimum Gasteiger partial charge on any atom is -0.316 e. The fourth-order valence-corrected chi connectivity index (χ4v) is 2.30. The van der Waals surface area contributed by atoms with Crippen molar-refractivity contribution >= 4 is 0 Å². The molecule has 17 heavy (non-hydrogen) atoms. The van der Waals surface area contributed by atoms with Crippen LogP contribution in [0.2, 0.25) is 0 Å². The van der Waals surface area contributed by atoms with E-state index >= 15 is 0 Å². The molecule has 1 aromatic heterocycles. The first-order chi connectivity index (χ1) is 7.91. The Hall–Kier alpha value is -0.960. The van der Waals surface area contributed by atoms with Crippen molar-refractivity contribution in [2.24, 2.45) is 5.92 Å². The smallest absolute Gasteiger partial charge is 0.125 e. The normalized spacial score (nSPS) is 13.1. The summed E-state index contributed by atoms with van der Waals surface area (Å²) in [6, 6.07) is 0. The Balaban J connectivity index is 2.72. The highest BCUT2D eigenvalue weighted by atomic mass is 14.9. The molecule has 96 valence electrons. The Kier molecular flexibility index (Phi) is 5.06. The maximum atomic E-state index is 4.46. The standard InChI is InChI=1S/C14H25N3/c1-9(2)7-15-8-10(3)14-11(4)16-13(6)17-12(14)5/h9-10,15H,7-8H2,1-6H3. The zero-order chi connectivity index (χ0) is 13.0. The van der Waals surface area contributed by atoms with Crippen LogP contribution in [0.25, 0.3) is 0 Å². The van der Waals surface area contributed by atoms with Crippen molar-refractivity contribution in [2.45, 2.75) is 47.5 Å². The van der Waals surface area contributed by atoms with Gasteiger partial charge in [-0.25, -0.2) is 9.97 Å². The van der Waals surface area contributed by atoms with Gasteiger partial charge in [-0.15, -0.1) is 0 Å². The average Bonchev–Trinajstić information content (AvgIpc) is 2.14. The van der Waals surface area contributed by atoms with Crippen molar-refractivity contribution in [1.29, 1.82) is 0 Å². The second-order valence-corrected chi connectivity index (χ2v) is 5.31. The van der Waals surface area contributed by atoms with E-state index in [1.54, 1.807) is 0 Å². The van der Waals surface area contributed by atoms with Crippen LogP contribution < -0.4 is 5.32 Å². The molecule has 1 rings (SSSR count). The molecule has 0 radical (unpaired) electrons. The Morgan fingerprint density at radius 1 is 0.941 bits per heavy atom. The zero-order valence-electron chi connectivity index (χ0n) is 12.0. The third-order valence-corrected chi connectivity index (χ3v) is 2.93. The first-order valence-corrected chi connectivity index (χ1v) is 6.44. The van der Waals surface area contributed by atoms with Crippen LogP contribution in [0.1, 0.15) is 49.5 Å². The van der Waals surface area contributed by atoms with Gasteiger partial charge in [-0.3, -0.25) is 0 Å². The van der Waals surface area contributed by atoms with Crippen LogP contribution in [-0.4, -0.2) is 23.1 Å². The van der Waals surface area contributed by atoms with E-state index in [1.807, 2.05) is 6.92 Å². The van der Waals surface area contributed by atoms with E-state index in [4.69, 9.17) is 0 Å². The molecule has 0 aromatic carbocycles. The number of nitrogens with zero attached hydrogens (tertiary/aromatic N) is 2. The van der Waals surface area contributed by atoms with E-state index in [0.29, 0.717) is 11.8 Å². The molecule has 0 saturated carbocycles. The minimum atomic E-state index is 0.467. The van der Waals surface area contributed by atoms with Gasteiger partial charge < -0.3 is 5.32 Å². The van der Waals surface area contributed by atoms with Gasteiger partial charge in [0.1, 0.15) is 5.82 Å². The molecule has 1 aromatic rings. The molecule has 0 amide bonds. The van der Waals surface area contributed by atoms with Crippen molar-refractivity contribution in [3.05, 3.63) is 22.8 Å². The van der Waals surface area contributed by atoms with Crippen LogP contribution in [0.5, 0.6) is 0 Å². The lowest BCUT2D eigenvalue weighted by Crippen LogP contribution is -2.25. The minimum absolute atomic E-state index is 0.467. The van der Waals surface area contributed by atoms with Gasteiger partial charge in [0.05, 0.1) is 0 Å². The molecule has 0 aliphatic heterocycles. The van der Waals surface area contributed by atoms with E-state index < -0.39 is 0 Å². The number of nitrogens with one attached hydrogen (secondary N) is 1. The van der Waals surface area contributed by atoms with Gasteiger partial charge in [-0.2, -0.15) is 0 Å². The molecular weight excluding hydrogens is 210 g/mol. The number of aromatic nitrogens is 2. The third kappa shape index (κ3) is 4.08. The van der Waals surface area contributed by atoms with E-state index in [2.05, 4.69) is 49.9 Å². The molecule has 0 bridgehead atoms. The predicted octanol–water partition coefficient (Wildman–Crippen LogP) is 2.75. The Bertz CT molecular complexity index is 349. The highest BCUT2D eigenvalue weighted by molar-refractivity contribution is 5.28. The molecule has 3 heteroatoms. The molecule has 1 N–H and O–H groups in total. The Labute approximate surface area is 105 Å². The second-order valence-electron chi connectivity index (χ2n) is 5.31. The van der Waals surface area contributed by atoms with Gasteiger partial charge in [-0.05, 0) is 44.7 Å². The van der Waals surface area contributed by atoms with Crippen molar-refractivity contribution in [1.82, 2.24) is 15.3 Å². The summed E-state index contributed by atoms with van der Waals surface area (Å²) in [7, 11) is 0. The lowest BCUT2D eigenvalue weighted by atomic mass is 9.98. The van der Waals surface area contributed by atoms with Crippen molar-refractivity contribution < 1.29 is 0 Å². The number of rotatable bonds is 5. The Morgan fingerprint density at radius 3 is 1.94 bits per heavy atom. The van der Waals surface area contributed by atoms with Crippen molar-refractivity contribution in [2.75, 3.05) is 13.1 Å². The van der Waals surface area contributed by atoms with Crippen LogP contribution in [0.15, 0.2) is 0 Å². The fourth-order valence-electron chi connectivity index (χ4n) is 2.30. The van der Waals surface area contributed by atoms with Crippen LogP contribution in [-0.2, 0) is 0 Å². The molecule has 1 heterocycles. The topological polar surface area (TPSA) is 37.8 Å². The molecule has 1 unspecified atom stereocenters. The molecule has 0 spiro atoms. The van der Waals surface area contributed by atoms with Crippen LogP contribution >= 0.6 is 0 Å². The highest BCUT2D eigenvalue weighted by Gasteiger charge is 2.13. The predicted molar refractivity (Wildman–Crippen MR) is 72.4 cm³/mol. The van der Waals surface area contributed by atoms with Crippen LogP contribution in [0, 0.1) is 26.7 Å².